The van der Waals surface area contributed by atoms with Gasteiger partial charge in [-0.3, -0.25) is 0 Å². The van der Waals surface area contributed by atoms with E-state index in [1.807, 2.05) is 25.1 Å². The van der Waals surface area contributed by atoms with Crippen molar-refractivity contribution in [3.8, 4) is 11.5 Å². The van der Waals surface area contributed by atoms with Crippen LogP contribution in [0.2, 0.25) is 0 Å². The van der Waals surface area contributed by atoms with Crippen LogP contribution in [0.15, 0.2) is 30.4 Å². The Labute approximate surface area is 110 Å². The van der Waals surface area contributed by atoms with E-state index in [-0.39, 0.29) is 6.04 Å². The zero-order valence-corrected chi connectivity index (χ0v) is 11.5. The summed E-state index contributed by atoms with van der Waals surface area (Å²) in [6, 6.07) is 6.06. The van der Waals surface area contributed by atoms with Crippen LogP contribution in [-0.4, -0.2) is 19.8 Å². The summed E-state index contributed by atoms with van der Waals surface area (Å²) < 4.78 is 11.0. The third-order valence-corrected chi connectivity index (χ3v) is 2.72. The Balaban J connectivity index is 2.81. The van der Waals surface area contributed by atoms with Gasteiger partial charge in [-0.2, -0.15) is 0 Å². The summed E-state index contributed by atoms with van der Waals surface area (Å²) in [6.45, 7) is 8.51. The molecule has 0 radical (unpaired) electrons. The number of ether oxygens (including phenoxy) is 2. The lowest BCUT2D eigenvalue weighted by Gasteiger charge is -2.13. The number of methoxy groups -OCH3 is 1. The van der Waals surface area contributed by atoms with Crippen molar-refractivity contribution in [1.29, 1.82) is 0 Å². The molecule has 0 aliphatic heterocycles. The molecular formula is C15H23NO2. The van der Waals surface area contributed by atoms with Gasteiger partial charge in [0.1, 0.15) is 6.61 Å². The lowest BCUT2D eigenvalue weighted by molar-refractivity contribution is 0.317. The SMILES string of the molecule is C=C(CC)COc1cc(CC(C)N)ccc1OC. The highest BCUT2D eigenvalue weighted by Gasteiger charge is 2.07. The first-order valence-corrected chi connectivity index (χ1v) is 6.28. The van der Waals surface area contributed by atoms with Crippen LogP contribution in [0.3, 0.4) is 0 Å². The van der Waals surface area contributed by atoms with Crippen LogP contribution >= 0.6 is 0 Å². The van der Waals surface area contributed by atoms with Crippen LogP contribution in [0, 0.1) is 0 Å². The molecule has 18 heavy (non-hydrogen) atoms. The number of rotatable bonds is 7. The first-order chi connectivity index (χ1) is 8.56. The molecule has 0 saturated heterocycles. The number of benzene rings is 1. The van der Waals surface area contributed by atoms with Gasteiger partial charge in [0.2, 0.25) is 0 Å². The van der Waals surface area contributed by atoms with Gasteiger partial charge in [0.25, 0.3) is 0 Å². The molecule has 2 N–H and O–H groups in total. The fourth-order valence-electron chi connectivity index (χ4n) is 1.61. The van der Waals surface area contributed by atoms with Gasteiger partial charge >= 0.3 is 0 Å². The van der Waals surface area contributed by atoms with Crippen molar-refractivity contribution < 1.29 is 9.47 Å². The molecule has 1 unspecified atom stereocenters. The smallest absolute Gasteiger partial charge is 0.161 e. The van der Waals surface area contributed by atoms with E-state index in [1.54, 1.807) is 7.11 Å². The average Bonchev–Trinajstić information content (AvgIpc) is 2.35. The Hall–Kier alpha value is -1.48. The maximum absolute atomic E-state index is 5.80. The second-order valence-corrected chi connectivity index (χ2v) is 4.56. The summed E-state index contributed by atoms with van der Waals surface area (Å²) in [7, 11) is 1.64. The summed E-state index contributed by atoms with van der Waals surface area (Å²) in [5.74, 6) is 1.50. The van der Waals surface area contributed by atoms with E-state index in [0.29, 0.717) is 6.61 Å². The van der Waals surface area contributed by atoms with E-state index in [4.69, 9.17) is 15.2 Å². The highest BCUT2D eigenvalue weighted by atomic mass is 16.5. The Bertz CT molecular complexity index is 399. The molecule has 0 aliphatic rings. The molecule has 0 bridgehead atoms. The molecular weight excluding hydrogens is 226 g/mol. The second kappa shape index (κ2) is 7.07. The molecule has 3 heteroatoms. The fourth-order valence-corrected chi connectivity index (χ4v) is 1.61. The van der Waals surface area contributed by atoms with E-state index in [1.165, 1.54) is 0 Å². The Morgan fingerprint density at radius 3 is 2.67 bits per heavy atom. The summed E-state index contributed by atoms with van der Waals surface area (Å²) >= 11 is 0. The number of hydrogen-bond acceptors (Lipinski definition) is 3. The van der Waals surface area contributed by atoms with Crippen LogP contribution in [0.5, 0.6) is 11.5 Å². The third kappa shape index (κ3) is 4.41. The second-order valence-electron chi connectivity index (χ2n) is 4.56. The monoisotopic (exact) mass is 249 g/mol. The van der Waals surface area contributed by atoms with E-state index >= 15 is 0 Å². The lowest BCUT2D eigenvalue weighted by atomic mass is 10.1. The van der Waals surface area contributed by atoms with Crippen molar-refractivity contribution >= 4 is 0 Å². The van der Waals surface area contributed by atoms with Gasteiger partial charge in [0.05, 0.1) is 7.11 Å². The molecule has 0 heterocycles. The molecule has 0 saturated carbocycles. The van der Waals surface area contributed by atoms with Gasteiger partial charge in [-0.1, -0.05) is 19.6 Å². The van der Waals surface area contributed by atoms with Crippen molar-refractivity contribution in [3.05, 3.63) is 35.9 Å². The van der Waals surface area contributed by atoms with Crippen LogP contribution in [0.4, 0.5) is 0 Å². The summed E-state index contributed by atoms with van der Waals surface area (Å²) in [5.41, 5.74) is 8.02. The molecule has 0 fully saturated rings. The molecule has 1 aromatic rings. The average molecular weight is 249 g/mol. The van der Waals surface area contributed by atoms with Gasteiger partial charge in [0.15, 0.2) is 11.5 Å². The predicted molar refractivity (Wildman–Crippen MR) is 75.3 cm³/mol. The quantitative estimate of drug-likeness (QED) is 0.756. The van der Waals surface area contributed by atoms with Crippen LogP contribution in [0.1, 0.15) is 25.8 Å². The van der Waals surface area contributed by atoms with Crippen molar-refractivity contribution in [2.75, 3.05) is 13.7 Å². The molecule has 0 spiro atoms. The van der Waals surface area contributed by atoms with Crippen molar-refractivity contribution in [3.63, 3.8) is 0 Å². The van der Waals surface area contributed by atoms with Crippen molar-refractivity contribution in [1.82, 2.24) is 0 Å². The Morgan fingerprint density at radius 2 is 2.11 bits per heavy atom. The minimum atomic E-state index is 0.136. The highest BCUT2D eigenvalue weighted by Crippen LogP contribution is 2.28. The summed E-state index contributed by atoms with van der Waals surface area (Å²) in [6.07, 6.45) is 1.75. The molecule has 0 aliphatic carbocycles. The maximum atomic E-state index is 5.80. The molecule has 1 atom stereocenters. The minimum absolute atomic E-state index is 0.136. The number of nitrogens with two attached hydrogens (primary N) is 1. The topological polar surface area (TPSA) is 44.5 Å². The van der Waals surface area contributed by atoms with Gasteiger partial charge < -0.3 is 15.2 Å². The Kier molecular flexibility index (Phi) is 5.72. The molecule has 100 valence electrons. The summed E-state index contributed by atoms with van der Waals surface area (Å²) in [4.78, 5) is 0. The van der Waals surface area contributed by atoms with E-state index in [0.717, 1.165) is 35.5 Å². The van der Waals surface area contributed by atoms with Gasteiger partial charge in [-0.15, -0.1) is 0 Å². The standard InChI is InChI=1S/C15H23NO2/c1-5-11(2)10-18-15-9-13(8-12(3)16)6-7-14(15)17-4/h6-7,9,12H,2,5,8,10,16H2,1,3-4H3. The predicted octanol–water partition coefficient (Wildman–Crippen LogP) is 2.93. The zero-order valence-electron chi connectivity index (χ0n) is 11.5. The molecule has 0 amide bonds. The summed E-state index contributed by atoms with van der Waals surface area (Å²) in [5, 5.41) is 0. The minimum Gasteiger partial charge on any atom is -0.493 e. The zero-order chi connectivity index (χ0) is 13.5. The van der Waals surface area contributed by atoms with Gasteiger partial charge in [-0.05, 0) is 43.0 Å². The van der Waals surface area contributed by atoms with Crippen molar-refractivity contribution in [2.24, 2.45) is 5.73 Å². The van der Waals surface area contributed by atoms with Gasteiger partial charge in [0, 0.05) is 6.04 Å². The van der Waals surface area contributed by atoms with Crippen LogP contribution < -0.4 is 15.2 Å². The highest BCUT2D eigenvalue weighted by molar-refractivity contribution is 5.43. The fraction of sp³-hybridized carbons (Fsp3) is 0.467. The first kappa shape index (κ1) is 14.6. The largest absolute Gasteiger partial charge is 0.493 e. The normalized spacial score (nSPS) is 12.0. The third-order valence-electron chi connectivity index (χ3n) is 2.72. The van der Waals surface area contributed by atoms with Crippen molar-refractivity contribution in [2.45, 2.75) is 32.7 Å². The maximum Gasteiger partial charge on any atom is 0.161 e. The van der Waals surface area contributed by atoms with Crippen LogP contribution in [0.25, 0.3) is 0 Å². The van der Waals surface area contributed by atoms with Crippen LogP contribution in [-0.2, 0) is 6.42 Å². The number of hydrogen-bond donors (Lipinski definition) is 1. The molecule has 1 aromatic carbocycles. The molecule has 0 aromatic heterocycles. The molecule has 1 rings (SSSR count). The first-order valence-electron chi connectivity index (χ1n) is 6.28. The molecule has 3 nitrogen and oxygen atoms in total. The Morgan fingerprint density at radius 1 is 1.39 bits per heavy atom. The lowest BCUT2D eigenvalue weighted by Crippen LogP contribution is -2.17. The van der Waals surface area contributed by atoms with E-state index < -0.39 is 0 Å². The van der Waals surface area contributed by atoms with Gasteiger partial charge in [-0.25, -0.2) is 0 Å². The van der Waals surface area contributed by atoms with E-state index in [2.05, 4.69) is 13.5 Å². The van der Waals surface area contributed by atoms with E-state index in [9.17, 15) is 0 Å².